The fourth-order valence-electron chi connectivity index (χ4n) is 3.62. The van der Waals surface area contributed by atoms with Gasteiger partial charge in [0.2, 0.25) is 5.91 Å². The minimum Gasteiger partial charge on any atom is -0.616 e. The Morgan fingerprint density at radius 2 is 1.61 bits per heavy atom. The molecule has 0 aromatic heterocycles. The number of carbonyl (C=O) groups is 2. The van der Waals surface area contributed by atoms with Crippen molar-refractivity contribution in [1.29, 1.82) is 0 Å². The number of nitrogens with zero attached hydrogens (tertiary/aromatic N) is 2. The van der Waals surface area contributed by atoms with Gasteiger partial charge in [0.1, 0.15) is 12.0 Å². The van der Waals surface area contributed by atoms with Crippen LogP contribution in [-0.4, -0.2) is 58.1 Å². The summed E-state index contributed by atoms with van der Waals surface area (Å²) in [5.41, 5.74) is 1.61. The van der Waals surface area contributed by atoms with Gasteiger partial charge in [-0.05, 0) is 23.3 Å². The van der Waals surface area contributed by atoms with E-state index in [1.165, 1.54) is 6.92 Å². The number of para-hydroxylation sites is 2. The molecule has 1 atom stereocenters. The van der Waals surface area contributed by atoms with Gasteiger partial charge in [-0.25, -0.2) is 0 Å². The van der Waals surface area contributed by atoms with Gasteiger partial charge in [-0.3, -0.25) is 9.59 Å². The van der Waals surface area contributed by atoms with E-state index in [2.05, 4.69) is 0 Å². The summed E-state index contributed by atoms with van der Waals surface area (Å²) in [7, 11) is 0. The summed E-state index contributed by atoms with van der Waals surface area (Å²) in [6, 6.07) is 14.9. The normalized spacial score (nSPS) is 16.5. The van der Waals surface area contributed by atoms with Crippen molar-refractivity contribution in [1.82, 2.24) is 9.80 Å². The quantitative estimate of drug-likeness (QED) is 0.667. The highest BCUT2D eigenvalue weighted by atomic mass is 32.2. The molecule has 31 heavy (non-hydrogen) atoms. The molecule has 2 aliphatic heterocycles. The molecule has 2 aliphatic rings. The summed E-state index contributed by atoms with van der Waals surface area (Å²) < 4.78 is 24.4. The monoisotopic (exact) mass is 440 g/mol. The molecular formula is C23H24N2O5S. The number of hydrogen-bond donors (Lipinski definition) is 0. The van der Waals surface area contributed by atoms with Gasteiger partial charge in [0.15, 0.2) is 23.0 Å². The number of piperazine rings is 1. The number of amides is 2. The van der Waals surface area contributed by atoms with Crippen molar-refractivity contribution in [3.05, 3.63) is 65.9 Å². The van der Waals surface area contributed by atoms with E-state index in [1.54, 1.807) is 16.1 Å². The van der Waals surface area contributed by atoms with Gasteiger partial charge in [0, 0.05) is 44.2 Å². The zero-order valence-electron chi connectivity index (χ0n) is 17.3. The largest absolute Gasteiger partial charge is 0.616 e. The summed E-state index contributed by atoms with van der Waals surface area (Å²) in [6.07, 6.45) is 1.55. The average Bonchev–Trinajstić information content (AvgIpc) is 2.79. The Hall–Kier alpha value is -2.97. The maximum absolute atomic E-state index is 12.8. The molecule has 0 bridgehead atoms. The molecule has 0 spiro atoms. The number of benzene rings is 2. The molecule has 0 N–H and O–H groups in total. The third-order valence-electron chi connectivity index (χ3n) is 5.32. The number of rotatable bonds is 5. The summed E-state index contributed by atoms with van der Waals surface area (Å²) in [5, 5.41) is 0. The smallest absolute Gasteiger partial charge is 0.272 e. The van der Waals surface area contributed by atoms with E-state index in [-0.39, 0.29) is 23.3 Å². The predicted molar refractivity (Wildman–Crippen MR) is 118 cm³/mol. The van der Waals surface area contributed by atoms with Crippen molar-refractivity contribution in [2.75, 3.05) is 31.9 Å². The van der Waals surface area contributed by atoms with Crippen molar-refractivity contribution >= 4 is 28.7 Å². The lowest BCUT2D eigenvalue weighted by Crippen LogP contribution is -2.51. The molecule has 1 unspecified atom stereocenters. The minimum atomic E-state index is -1.38. The molecule has 0 radical (unpaired) electrons. The maximum atomic E-state index is 12.8. The van der Waals surface area contributed by atoms with Crippen LogP contribution in [0.5, 0.6) is 11.5 Å². The highest BCUT2D eigenvalue weighted by molar-refractivity contribution is 7.91. The van der Waals surface area contributed by atoms with Crippen LogP contribution in [0.25, 0.3) is 5.76 Å². The number of fused-ring (bicyclic) bond motifs is 1. The average molecular weight is 441 g/mol. The molecule has 1 saturated heterocycles. The van der Waals surface area contributed by atoms with Crippen LogP contribution in [0.15, 0.2) is 54.8 Å². The minimum absolute atomic E-state index is 0.0121. The Kier molecular flexibility index (Phi) is 6.48. The standard InChI is InChI=1S/C23H24N2O5S/c1-17(26)24-10-12-25(13-11-24)23(27)16-31(28)15-18-6-2-3-7-19(18)22-14-29-20-8-4-5-9-21(20)30-22/h2-9,14H,10-13,15-16H2,1H3. The predicted octanol–water partition coefficient (Wildman–Crippen LogP) is 2.40. The zero-order chi connectivity index (χ0) is 21.8. The van der Waals surface area contributed by atoms with Gasteiger partial charge in [-0.1, -0.05) is 36.4 Å². The Morgan fingerprint density at radius 3 is 2.35 bits per heavy atom. The fourth-order valence-corrected chi connectivity index (χ4v) is 4.78. The Balaban J connectivity index is 1.38. The Morgan fingerprint density at radius 1 is 0.968 bits per heavy atom. The fraction of sp³-hybridized carbons (Fsp3) is 0.304. The van der Waals surface area contributed by atoms with Gasteiger partial charge < -0.3 is 23.8 Å². The first kappa shape index (κ1) is 21.3. The number of ether oxygens (including phenoxy) is 2. The highest BCUT2D eigenvalue weighted by Gasteiger charge is 2.26. The second-order valence-corrected chi connectivity index (χ2v) is 8.88. The lowest BCUT2D eigenvalue weighted by Gasteiger charge is -2.34. The summed E-state index contributed by atoms with van der Waals surface area (Å²) in [4.78, 5) is 27.4. The Labute approximate surface area is 184 Å². The van der Waals surface area contributed by atoms with Gasteiger partial charge in [-0.15, -0.1) is 0 Å². The summed E-state index contributed by atoms with van der Waals surface area (Å²) in [6.45, 7) is 3.51. The third-order valence-corrected chi connectivity index (χ3v) is 6.53. The molecule has 1 fully saturated rings. The first-order valence-electron chi connectivity index (χ1n) is 10.1. The molecule has 2 amide bonds. The second kappa shape index (κ2) is 9.45. The van der Waals surface area contributed by atoms with Crippen molar-refractivity contribution < 1.29 is 23.6 Å². The van der Waals surface area contributed by atoms with E-state index in [0.29, 0.717) is 43.4 Å². The van der Waals surface area contributed by atoms with Crippen molar-refractivity contribution in [3.63, 3.8) is 0 Å². The van der Waals surface area contributed by atoms with Crippen LogP contribution in [0.2, 0.25) is 0 Å². The van der Waals surface area contributed by atoms with Gasteiger partial charge >= 0.3 is 0 Å². The molecule has 8 heteroatoms. The first-order chi connectivity index (χ1) is 15.0. The van der Waals surface area contributed by atoms with Crippen LogP contribution in [0.3, 0.4) is 0 Å². The van der Waals surface area contributed by atoms with Crippen molar-refractivity contribution in [2.24, 2.45) is 0 Å². The van der Waals surface area contributed by atoms with Crippen LogP contribution < -0.4 is 9.47 Å². The number of hydrogen-bond acceptors (Lipinski definition) is 5. The molecule has 0 saturated carbocycles. The van der Waals surface area contributed by atoms with Crippen molar-refractivity contribution in [2.45, 2.75) is 12.7 Å². The SMILES string of the molecule is CC(=O)N1CCN(C(=O)C[S+]([O-])Cc2ccccc2C2=COc3ccccc3O2)CC1. The molecule has 162 valence electrons. The van der Waals surface area contributed by atoms with E-state index < -0.39 is 11.2 Å². The zero-order valence-corrected chi connectivity index (χ0v) is 18.1. The lowest BCUT2D eigenvalue weighted by molar-refractivity contribution is -0.136. The molecule has 0 aliphatic carbocycles. The van der Waals surface area contributed by atoms with Gasteiger partial charge in [-0.2, -0.15) is 0 Å². The molecule has 2 aromatic carbocycles. The van der Waals surface area contributed by atoms with Crippen LogP contribution in [0.1, 0.15) is 18.1 Å². The topological polar surface area (TPSA) is 82.1 Å². The van der Waals surface area contributed by atoms with E-state index >= 15 is 0 Å². The van der Waals surface area contributed by atoms with Crippen LogP contribution >= 0.6 is 0 Å². The van der Waals surface area contributed by atoms with Gasteiger partial charge in [0.05, 0.1) is 0 Å². The maximum Gasteiger partial charge on any atom is 0.272 e. The van der Waals surface area contributed by atoms with Crippen LogP contribution in [0.4, 0.5) is 0 Å². The molecular weight excluding hydrogens is 416 g/mol. The van der Waals surface area contributed by atoms with E-state index in [9.17, 15) is 14.1 Å². The first-order valence-corrected chi connectivity index (χ1v) is 11.6. The Bertz CT molecular complexity index is 1000. The highest BCUT2D eigenvalue weighted by Crippen LogP contribution is 2.35. The van der Waals surface area contributed by atoms with Crippen LogP contribution in [-0.2, 0) is 26.5 Å². The van der Waals surface area contributed by atoms with Crippen molar-refractivity contribution in [3.8, 4) is 11.5 Å². The second-order valence-electron chi connectivity index (χ2n) is 7.42. The molecule has 7 nitrogen and oxygen atoms in total. The lowest BCUT2D eigenvalue weighted by atomic mass is 10.1. The number of carbonyl (C=O) groups excluding carboxylic acids is 2. The summed E-state index contributed by atoms with van der Waals surface area (Å²) in [5.74, 6) is 1.85. The molecule has 4 rings (SSSR count). The van der Waals surface area contributed by atoms with Crippen LogP contribution in [0, 0.1) is 0 Å². The molecule has 2 heterocycles. The van der Waals surface area contributed by atoms with Gasteiger partial charge in [0.25, 0.3) is 5.91 Å². The van der Waals surface area contributed by atoms with E-state index in [0.717, 1.165) is 11.1 Å². The van der Waals surface area contributed by atoms with E-state index in [1.807, 2.05) is 48.5 Å². The van der Waals surface area contributed by atoms with E-state index in [4.69, 9.17) is 9.47 Å². The summed E-state index contributed by atoms with van der Waals surface area (Å²) >= 11 is -1.38. The third kappa shape index (κ3) is 5.03. The molecule has 2 aromatic rings.